The van der Waals surface area contributed by atoms with Gasteiger partial charge in [-0.3, -0.25) is 9.69 Å². The second-order valence-corrected chi connectivity index (χ2v) is 7.68. The second kappa shape index (κ2) is 9.14. The largest absolute Gasteiger partial charge is 0.322 e. The SMILES string of the molecule is C[C@H](C1CCCCC1)N(C)Cc1ccc(NC(=O)c2ccccc2F)cc1. The minimum atomic E-state index is -0.509. The number of anilines is 1. The Morgan fingerprint density at radius 2 is 1.78 bits per heavy atom. The van der Waals surface area contributed by atoms with Crippen molar-refractivity contribution in [3.05, 3.63) is 65.5 Å². The van der Waals surface area contributed by atoms with Gasteiger partial charge in [0.1, 0.15) is 5.82 Å². The van der Waals surface area contributed by atoms with Crippen LogP contribution in [0.1, 0.15) is 54.9 Å². The molecule has 0 unspecified atom stereocenters. The van der Waals surface area contributed by atoms with Crippen LogP contribution in [-0.2, 0) is 6.54 Å². The molecule has 4 heteroatoms. The molecule has 3 nitrogen and oxygen atoms in total. The van der Waals surface area contributed by atoms with Gasteiger partial charge in [-0.25, -0.2) is 4.39 Å². The van der Waals surface area contributed by atoms with Crippen molar-refractivity contribution in [2.45, 2.75) is 51.6 Å². The fraction of sp³-hybridized carbons (Fsp3) is 0.435. The van der Waals surface area contributed by atoms with E-state index in [0.717, 1.165) is 12.5 Å². The van der Waals surface area contributed by atoms with Gasteiger partial charge in [0.25, 0.3) is 5.91 Å². The highest BCUT2D eigenvalue weighted by atomic mass is 19.1. The van der Waals surface area contributed by atoms with Gasteiger partial charge in [0, 0.05) is 18.3 Å². The summed E-state index contributed by atoms with van der Waals surface area (Å²) < 4.78 is 13.7. The van der Waals surface area contributed by atoms with Crippen LogP contribution in [-0.4, -0.2) is 23.9 Å². The predicted molar refractivity (Wildman–Crippen MR) is 108 cm³/mol. The summed E-state index contributed by atoms with van der Waals surface area (Å²) in [6, 6.07) is 14.4. The highest BCUT2D eigenvalue weighted by Crippen LogP contribution is 2.29. The van der Waals surface area contributed by atoms with Crippen LogP contribution < -0.4 is 5.32 Å². The third-order valence-electron chi connectivity index (χ3n) is 5.79. The van der Waals surface area contributed by atoms with E-state index in [4.69, 9.17) is 0 Å². The van der Waals surface area contributed by atoms with Crippen LogP contribution in [0.5, 0.6) is 0 Å². The lowest BCUT2D eigenvalue weighted by Gasteiger charge is -2.34. The maximum absolute atomic E-state index is 13.7. The molecule has 3 rings (SSSR count). The van der Waals surface area contributed by atoms with E-state index in [1.54, 1.807) is 12.1 Å². The van der Waals surface area contributed by atoms with Gasteiger partial charge >= 0.3 is 0 Å². The first-order valence-electron chi connectivity index (χ1n) is 9.89. The summed E-state index contributed by atoms with van der Waals surface area (Å²) >= 11 is 0. The summed E-state index contributed by atoms with van der Waals surface area (Å²) in [7, 11) is 2.19. The van der Waals surface area contributed by atoms with Crippen molar-refractivity contribution in [2.75, 3.05) is 12.4 Å². The van der Waals surface area contributed by atoms with E-state index >= 15 is 0 Å². The summed E-state index contributed by atoms with van der Waals surface area (Å²) in [6.07, 6.45) is 6.78. The van der Waals surface area contributed by atoms with Crippen molar-refractivity contribution in [1.29, 1.82) is 0 Å². The van der Waals surface area contributed by atoms with E-state index < -0.39 is 11.7 Å². The van der Waals surface area contributed by atoms with Gasteiger partial charge in [0.05, 0.1) is 5.56 Å². The standard InChI is InChI=1S/C23H29FN2O/c1-17(19-8-4-3-5-9-19)26(2)16-18-12-14-20(15-13-18)25-23(27)21-10-6-7-11-22(21)24/h6-7,10-15,17,19H,3-5,8-9,16H2,1-2H3,(H,25,27)/t17-/m1/s1. The number of nitrogens with zero attached hydrogens (tertiary/aromatic N) is 1. The quantitative estimate of drug-likeness (QED) is 0.732. The Hall–Kier alpha value is -2.20. The van der Waals surface area contributed by atoms with Crippen molar-refractivity contribution in [3.8, 4) is 0 Å². The molecule has 1 N–H and O–H groups in total. The van der Waals surface area contributed by atoms with Crippen LogP contribution in [0, 0.1) is 11.7 Å². The Labute approximate surface area is 161 Å². The van der Waals surface area contributed by atoms with E-state index in [1.807, 2.05) is 24.3 Å². The summed E-state index contributed by atoms with van der Waals surface area (Å²) in [4.78, 5) is 14.6. The zero-order valence-electron chi connectivity index (χ0n) is 16.2. The van der Waals surface area contributed by atoms with Gasteiger partial charge in [-0.15, -0.1) is 0 Å². The first-order valence-corrected chi connectivity index (χ1v) is 9.89. The van der Waals surface area contributed by atoms with Crippen molar-refractivity contribution >= 4 is 11.6 Å². The molecule has 2 aromatic carbocycles. The molecule has 1 saturated carbocycles. The minimum absolute atomic E-state index is 0.0580. The molecule has 0 aliphatic heterocycles. The molecule has 27 heavy (non-hydrogen) atoms. The maximum atomic E-state index is 13.7. The number of amides is 1. The van der Waals surface area contributed by atoms with Crippen LogP contribution in [0.2, 0.25) is 0 Å². The zero-order chi connectivity index (χ0) is 19.2. The van der Waals surface area contributed by atoms with Gasteiger partial charge in [-0.1, -0.05) is 43.5 Å². The van der Waals surface area contributed by atoms with E-state index in [2.05, 4.69) is 24.2 Å². The fourth-order valence-corrected chi connectivity index (χ4v) is 3.95. The topological polar surface area (TPSA) is 32.3 Å². The third-order valence-corrected chi connectivity index (χ3v) is 5.79. The molecular weight excluding hydrogens is 339 g/mol. The van der Waals surface area contributed by atoms with Crippen LogP contribution in [0.4, 0.5) is 10.1 Å². The zero-order valence-corrected chi connectivity index (χ0v) is 16.2. The monoisotopic (exact) mass is 368 g/mol. The number of hydrogen-bond donors (Lipinski definition) is 1. The summed E-state index contributed by atoms with van der Waals surface area (Å²) in [5.41, 5.74) is 1.95. The lowest BCUT2D eigenvalue weighted by molar-refractivity contribution is 0.102. The molecule has 144 valence electrons. The number of hydrogen-bond acceptors (Lipinski definition) is 2. The summed E-state index contributed by atoms with van der Waals surface area (Å²) in [5, 5.41) is 2.76. The number of rotatable bonds is 6. The fourth-order valence-electron chi connectivity index (χ4n) is 3.95. The van der Waals surface area contributed by atoms with Crippen LogP contribution in [0.3, 0.4) is 0 Å². The summed E-state index contributed by atoms with van der Waals surface area (Å²) in [5.74, 6) is -0.142. The molecule has 1 amide bonds. The highest BCUT2D eigenvalue weighted by Gasteiger charge is 2.23. The average molecular weight is 368 g/mol. The number of carbonyl (C=O) groups excluding carboxylic acids is 1. The first kappa shape index (κ1) is 19.6. The smallest absolute Gasteiger partial charge is 0.258 e. The number of benzene rings is 2. The number of halogens is 1. The normalized spacial score (nSPS) is 16.3. The summed E-state index contributed by atoms with van der Waals surface area (Å²) in [6.45, 7) is 3.22. The lowest BCUT2D eigenvalue weighted by Crippen LogP contribution is -2.36. The molecule has 0 aromatic heterocycles. The molecule has 1 aliphatic carbocycles. The second-order valence-electron chi connectivity index (χ2n) is 7.68. The number of carbonyl (C=O) groups is 1. The van der Waals surface area contributed by atoms with Gasteiger partial charge in [0.15, 0.2) is 0 Å². The van der Waals surface area contributed by atoms with Crippen LogP contribution in [0.15, 0.2) is 48.5 Å². The molecule has 2 aromatic rings. The predicted octanol–water partition coefficient (Wildman–Crippen LogP) is 5.48. The van der Waals surface area contributed by atoms with Crippen molar-refractivity contribution in [1.82, 2.24) is 4.90 Å². The highest BCUT2D eigenvalue weighted by molar-refractivity contribution is 6.04. The molecule has 1 atom stereocenters. The molecule has 0 bridgehead atoms. The van der Waals surface area contributed by atoms with Crippen LogP contribution >= 0.6 is 0 Å². The van der Waals surface area contributed by atoms with Gasteiger partial charge in [-0.05, 0) is 62.6 Å². The Kier molecular flexibility index (Phi) is 6.62. The average Bonchev–Trinajstić information content (AvgIpc) is 2.69. The molecule has 0 saturated heterocycles. The van der Waals surface area contributed by atoms with Gasteiger partial charge < -0.3 is 5.32 Å². The van der Waals surface area contributed by atoms with E-state index in [1.165, 1.54) is 49.8 Å². The first-order chi connectivity index (χ1) is 13.0. The Balaban J connectivity index is 1.56. The molecule has 1 aliphatic rings. The third kappa shape index (κ3) is 5.16. The maximum Gasteiger partial charge on any atom is 0.258 e. The molecule has 1 fully saturated rings. The van der Waals surface area contributed by atoms with Crippen molar-refractivity contribution < 1.29 is 9.18 Å². The van der Waals surface area contributed by atoms with Crippen LogP contribution in [0.25, 0.3) is 0 Å². The van der Waals surface area contributed by atoms with E-state index in [-0.39, 0.29) is 5.56 Å². The van der Waals surface area contributed by atoms with E-state index in [9.17, 15) is 9.18 Å². The molecular formula is C23H29FN2O. The minimum Gasteiger partial charge on any atom is -0.322 e. The van der Waals surface area contributed by atoms with Crippen molar-refractivity contribution in [2.24, 2.45) is 5.92 Å². The van der Waals surface area contributed by atoms with E-state index in [0.29, 0.717) is 11.7 Å². The van der Waals surface area contributed by atoms with Gasteiger partial charge in [-0.2, -0.15) is 0 Å². The Bertz CT molecular complexity index is 753. The van der Waals surface area contributed by atoms with Gasteiger partial charge in [0.2, 0.25) is 0 Å². The lowest BCUT2D eigenvalue weighted by atomic mass is 9.84. The Morgan fingerprint density at radius 3 is 2.44 bits per heavy atom. The number of nitrogens with one attached hydrogen (secondary N) is 1. The molecule has 0 spiro atoms. The molecule has 0 radical (unpaired) electrons. The Morgan fingerprint density at radius 1 is 1.11 bits per heavy atom. The van der Waals surface area contributed by atoms with Crippen molar-refractivity contribution in [3.63, 3.8) is 0 Å². The molecule has 0 heterocycles.